The molecule has 2 rings (SSSR count). The van der Waals surface area contributed by atoms with Gasteiger partial charge < -0.3 is 0 Å². The third-order valence-corrected chi connectivity index (χ3v) is 2.79. The zero-order valence-corrected chi connectivity index (χ0v) is 10.9. The highest BCUT2D eigenvalue weighted by atomic mass is 35.5. The molecule has 0 atom stereocenters. The maximum absolute atomic E-state index is 12.0. The first kappa shape index (κ1) is 12.7. The van der Waals surface area contributed by atoms with Crippen LogP contribution in [0.2, 0.25) is 5.02 Å². The SMILES string of the molecule is CC(C)n1nnnc1CC(=O)c1ccc(Cl)cc1. The molecule has 0 amide bonds. The van der Waals surface area contributed by atoms with Crippen molar-refractivity contribution in [2.24, 2.45) is 0 Å². The second-order valence-corrected chi connectivity index (χ2v) is 4.68. The summed E-state index contributed by atoms with van der Waals surface area (Å²) in [7, 11) is 0. The highest BCUT2D eigenvalue weighted by Crippen LogP contribution is 2.12. The Morgan fingerprint density at radius 2 is 2.00 bits per heavy atom. The van der Waals surface area contributed by atoms with Gasteiger partial charge in [0.2, 0.25) is 0 Å². The summed E-state index contributed by atoms with van der Waals surface area (Å²) in [6, 6.07) is 6.93. The van der Waals surface area contributed by atoms with Crippen LogP contribution in [0.15, 0.2) is 24.3 Å². The van der Waals surface area contributed by atoms with Crippen molar-refractivity contribution in [3.63, 3.8) is 0 Å². The number of Topliss-reactive ketones (excluding diaryl/α,β-unsaturated/α-hetero) is 1. The molecule has 0 saturated heterocycles. The number of benzene rings is 1. The van der Waals surface area contributed by atoms with Crippen LogP contribution in [0.4, 0.5) is 0 Å². The summed E-state index contributed by atoms with van der Waals surface area (Å²) < 4.78 is 1.65. The summed E-state index contributed by atoms with van der Waals surface area (Å²) in [5.74, 6) is 0.549. The van der Waals surface area contributed by atoms with E-state index in [9.17, 15) is 4.79 Å². The third-order valence-electron chi connectivity index (χ3n) is 2.53. The van der Waals surface area contributed by atoms with Gasteiger partial charge in [0.15, 0.2) is 11.6 Å². The van der Waals surface area contributed by atoms with E-state index in [2.05, 4.69) is 15.5 Å². The van der Waals surface area contributed by atoms with Crippen LogP contribution in [0.1, 0.15) is 36.1 Å². The Morgan fingerprint density at radius 1 is 1.33 bits per heavy atom. The molecule has 0 unspecified atom stereocenters. The van der Waals surface area contributed by atoms with Crippen LogP contribution < -0.4 is 0 Å². The summed E-state index contributed by atoms with van der Waals surface area (Å²) in [4.78, 5) is 12.0. The molecule has 0 saturated carbocycles. The number of carbonyl (C=O) groups excluding carboxylic acids is 1. The Kier molecular flexibility index (Phi) is 3.72. The lowest BCUT2D eigenvalue weighted by Crippen LogP contribution is -2.13. The molecule has 2 aromatic rings. The highest BCUT2D eigenvalue weighted by molar-refractivity contribution is 6.30. The van der Waals surface area contributed by atoms with E-state index in [0.29, 0.717) is 16.4 Å². The van der Waals surface area contributed by atoms with Crippen LogP contribution in [-0.2, 0) is 6.42 Å². The Labute approximate surface area is 110 Å². The van der Waals surface area contributed by atoms with Crippen LogP contribution in [0.3, 0.4) is 0 Å². The summed E-state index contributed by atoms with van der Waals surface area (Å²) in [6.07, 6.45) is 0.187. The number of halogens is 1. The fourth-order valence-corrected chi connectivity index (χ4v) is 1.74. The van der Waals surface area contributed by atoms with Gasteiger partial charge in [-0.25, -0.2) is 4.68 Å². The van der Waals surface area contributed by atoms with E-state index in [0.717, 1.165) is 0 Å². The van der Waals surface area contributed by atoms with Crippen LogP contribution >= 0.6 is 11.6 Å². The van der Waals surface area contributed by atoms with Crippen molar-refractivity contribution in [3.05, 3.63) is 40.7 Å². The molecule has 6 heteroatoms. The Bertz CT molecular complexity index is 547. The van der Waals surface area contributed by atoms with Gasteiger partial charge in [-0.1, -0.05) is 11.6 Å². The zero-order valence-electron chi connectivity index (χ0n) is 10.2. The third kappa shape index (κ3) is 2.73. The fourth-order valence-electron chi connectivity index (χ4n) is 1.61. The first-order valence-corrected chi connectivity index (χ1v) is 6.01. The minimum atomic E-state index is -0.0247. The van der Waals surface area contributed by atoms with Gasteiger partial charge in [-0.15, -0.1) is 5.10 Å². The van der Waals surface area contributed by atoms with Crippen molar-refractivity contribution in [2.45, 2.75) is 26.3 Å². The Hall–Kier alpha value is -1.75. The lowest BCUT2D eigenvalue weighted by molar-refractivity contribution is 0.0989. The molecule has 0 aliphatic carbocycles. The average molecular weight is 265 g/mol. The van der Waals surface area contributed by atoms with Gasteiger partial charge in [0.25, 0.3) is 0 Å². The van der Waals surface area contributed by atoms with Crippen molar-refractivity contribution in [3.8, 4) is 0 Å². The number of ketones is 1. The molecular weight excluding hydrogens is 252 g/mol. The lowest BCUT2D eigenvalue weighted by Gasteiger charge is -2.07. The Morgan fingerprint density at radius 3 is 2.61 bits per heavy atom. The van der Waals surface area contributed by atoms with Crippen molar-refractivity contribution in [1.29, 1.82) is 0 Å². The summed E-state index contributed by atoms with van der Waals surface area (Å²) >= 11 is 5.78. The molecule has 18 heavy (non-hydrogen) atoms. The first-order chi connectivity index (χ1) is 8.58. The second-order valence-electron chi connectivity index (χ2n) is 4.24. The first-order valence-electron chi connectivity index (χ1n) is 5.63. The molecule has 0 radical (unpaired) electrons. The average Bonchev–Trinajstić information content (AvgIpc) is 2.78. The van der Waals surface area contributed by atoms with Crippen molar-refractivity contribution in [1.82, 2.24) is 20.2 Å². The lowest BCUT2D eigenvalue weighted by atomic mass is 10.1. The van der Waals surface area contributed by atoms with Gasteiger partial charge in [0.05, 0.1) is 12.5 Å². The molecule has 0 fully saturated rings. The molecule has 0 aliphatic heterocycles. The van der Waals surface area contributed by atoms with Gasteiger partial charge in [-0.05, 0) is 48.5 Å². The van der Waals surface area contributed by atoms with Gasteiger partial charge in [0, 0.05) is 10.6 Å². The topological polar surface area (TPSA) is 60.7 Å². The monoisotopic (exact) mass is 264 g/mol. The molecule has 1 aromatic carbocycles. The smallest absolute Gasteiger partial charge is 0.170 e. The van der Waals surface area contributed by atoms with Gasteiger partial charge in [-0.3, -0.25) is 4.79 Å². The van der Waals surface area contributed by atoms with Gasteiger partial charge in [-0.2, -0.15) is 0 Å². The number of tetrazole rings is 1. The van der Waals surface area contributed by atoms with Crippen molar-refractivity contribution < 1.29 is 4.79 Å². The van der Waals surface area contributed by atoms with Crippen molar-refractivity contribution in [2.75, 3.05) is 0 Å². The van der Waals surface area contributed by atoms with Crippen LogP contribution in [0.25, 0.3) is 0 Å². The number of hydrogen-bond donors (Lipinski definition) is 0. The summed E-state index contributed by atoms with van der Waals surface area (Å²) in [6.45, 7) is 3.93. The second kappa shape index (κ2) is 5.27. The molecule has 0 N–H and O–H groups in total. The maximum Gasteiger partial charge on any atom is 0.170 e. The van der Waals surface area contributed by atoms with Gasteiger partial charge >= 0.3 is 0 Å². The molecule has 94 valence electrons. The van der Waals surface area contributed by atoms with E-state index < -0.39 is 0 Å². The van der Waals surface area contributed by atoms with Crippen LogP contribution in [0.5, 0.6) is 0 Å². The van der Waals surface area contributed by atoms with Crippen molar-refractivity contribution >= 4 is 17.4 Å². The number of nitrogens with zero attached hydrogens (tertiary/aromatic N) is 4. The summed E-state index contributed by atoms with van der Waals surface area (Å²) in [5, 5.41) is 11.9. The molecule has 0 aliphatic rings. The van der Waals surface area contributed by atoms with Crippen LogP contribution in [-0.4, -0.2) is 26.0 Å². The van der Waals surface area contributed by atoms with E-state index in [-0.39, 0.29) is 18.2 Å². The predicted octanol–water partition coefficient (Wildman–Crippen LogP) is 2.33. The fraction of sp³-hybridized carbons (Fsp3) is 0.333. The number of carbonyl (C=O) groups is 1. The minimum Gasteiger partial charge on any atom is -0.294 e. The van der Waals surface area contributed by atoms with E-state index in [1.807, 2.05) is 13.8 Å². The number of hydrogen-bond acceptors (Lipinski definition) is 4. The standard InChI is InChI=1S/C12H13ClN4O/c1-8(2)17-12(14-15-16-17)7-11(18)9-3-5-10(13)6-4-9/h3-6,8H,7H2,1-2H3. The Balaban J connectivity index is 2.16. The molecule has 0 bridgehead atoms. The van der Waals surface area contributed by atoms with E-state index in [1.165, 1.54) is 0 Å². The summed E-state index contributed by atoms with van der Waals surface area (Å²) in [5.41, 5.74) is 0.609. The van der Waals surface area contributed by atoms with Gasteiger partial charge in [0.1, 0.15) is 0 Å². The molecule has 1 heterocycles. The zero-order chi connectivity index (χ0) is 13.1. The number of rotatable bonds is 4. The highest BCUT2D eigenvalue weighted by Gasteiger charge is 2.14. The van der Waals surface area contributed by atoms with E-state index in [1.54, 1.807) is 28.9 Å². The largest absolute Gasteiger partial charge is 0.294 e. The molecular formula is C12H13ClN4O. The normalized spacial score (nSPS) is 10.9. The number of aromatic nitrogens is 4. The molecule has 0 spiro atoms. The maximum atomic E-state index is 12.0. The quantitative estimate of drug-likeness (QED) is 0.795. The van der Waals surface area contributed by atoms with E-state index in [4.69, 9.17) is 11.6 Å². The van der Waals surface area contributed by atoms with E-state index >= 15 is 0 Å². The predicted molar refractivity (Wildman–Crippen MR) is 67.7 cm³/mol. The van der Waals surface area contributed by atoms with Crippen LogP contribution in [0, 0.1) is 0 Å². The minimum absolute atomic E-state index is 0.0247. The molecule has 5 nitrogen and oxygen atoms in total. The molecule has 1 aromatic heterocycles.